The number of nitro groups is 1. The number of hydrogen-bond acceptors (Lipinski definition) is 6. The summed E-state index contributed by atoms with van der Waals surface area (Å²) in [5, 5.41) is 16.6. The molecule has 0 radical (unpaired) electrons. The number of carbonyl (C=O) groups is 2. The maximum Gasteiger partial charge on any atom is 0.271 e. The normalized spacial score (nSPS) is 14.6. The van der Waals surface area contributed by atoms with E-state index in [2.05, 4.69) is 10.6 Å². The van der Waals surface area contributed by atoms with Gasteiger partial charge in [-0.1, -0.05) is 6.07 Å². The molecule has 1 saturated heterocycles. The first kappa shape index (κ1) is 22.2. The van der Waals surface area contributed by atoms with E-state index in [-0.39, 0.29) is 30.1 Å². The predicted molar refractivity (Wildman–Crippen MR) is 116 cm³/mol. The number of likely N-dealkylation sites (tertiary alicyclic amines) is 1. The van der Waals surface area contributed by atoms with E-state index in [1.54, 1.807) is 30.3 Å². The molecule has 2 N–H and O–H groups in total. The number of anilines is 1. The van der Waals surface area contributed by atoms with Gasteiger partial charge in [-0.15, -0.1) is 0 Å². The number of benzene rings is 2. The van der Waals surface area contributed by atoms with E-state index < -0.39 is 4.92 Å². The molecule has 164 valence electrons. The third-order valence-corrected chi connectivity index (χ3v) is 5.06. The molecule has 0 aliphatic carbocycles. The first-order valence-electron chi connectivity index (χ1n) is 10.2. The summed E-state index contributed by atoms with van der Waals surface area (Å²) >= 11 is 0. The van der Waals surface area contributed by atoms with E-state index in [9.17, 15) is 19.7 Å². The van der Waals surface area contributed by atoms with E-state index in [4.69, 9.17) is 4.74 Å². The summed E-state index contributed by atoms with van der Waals surface area (Å²) in [6.45, 7) is 4.03. The summed E-state index contributed by atoms with van der Waals surface area (Å²) in [4.78, 5) is 37.1. The average molecular weight is 426 g/mol. The van der Waals surface area contributed by atoms with Gasteiger partial charge in [0, 0.05) is 42.5 Å². The number of nitrogens with one attached hydrogen (secondary N) is 2. The molecule has 2 amide bonds. The molecule has 0 aromatic heterocycles. The average Bonchev–Trinajstić information content (AvgIpc) is 2.76. The molecular formula is C22H26N4O5. The maximum absolute atomic E-state index is 12.4. The number of nitrogens with zero attached hydrogens (tertiary/aromatic N) is 2. The molecule has 0 spiro atoms. The number of amides is 2. The number of non-ortho nitro benzene ring substituents is 1. The zero-order valence-corrected chi connectivity index (χ0v) is 17.4. The maximum atomic E-state index is 12.4. The Hall–Kier alpha value is -3.46. The predicted octanol–water partition coefficient (Wildman–Crippen LogP) is 2.83. The summed E-state index contributed by atoms with van der Waals surface area (Å²) in [6, 6.07) is 13.0. The summed E-state index contributed by atoms with van der Waals surface area (Å²) < 4.78 is 5.39. The van der Waals surface area contributed by atoms with Crippen molar-refractivity contribution in [2.24, 2.45) is 0 Å². The molecule has 2 aromatic rings. The van der Waals surface area contributed by atoms with Gasteiger partial charge in [-0.2, -0.15) is 0 Å². The van der Waals surface area contributed by atoms with Gasteiger partial charge in [0.25, 0.3) is 11.6 Å². The highest BCUT2D eigenvalue weighted by Gasteiger charge is 2.22. The van der Waals surface area contributed by atoms with Crippen LogP contribution in [0.4, 0.5) is 11.4 Å². The monoisotopic (exact) mass is 426 g/mol. The Bertz CT molecular complexity index is 924. The first-order chi connectivity index (χ1) is 14.9. The van der Waals surface area contributed by atoms with Gasteiger partial charge in [-0.3, -0.25) is 24.6 Å². The third-order valence-electron chi connectivity index (χ3n) is 5.06. The van der Waals surface area contributed by atoms with Crippen LogP contribution in [-0.4, -0.2) is 53.9 Å². The standard InChI is InChI=1S/C22H26N4O5/c1-2-31-20-8-6-16(7-9-20)22(28)24-17-10-12-25(13-11-17)15-21(27)23-18-4-3-5-19(14-18)26(29)30/h3-9,14,17H,2,10-13,15H2,1H3,(H,23,27)(H,24,28). The number of rotatable bonds is 8. The van der Waals surface area contributed by atoms with Crippen molar-refractivity contribution in [1.29, 1.82) is 0 Å². The zero-order chi connectivity index (χ0) is 22.2. The van der Waals surface area contributed by atoms with Crippen molar-refractivity contribution in [3.63, 3.8) is 0 Å². The first-order valence-corrected chi connectivity index (χ1v) is 10.2. The summed E-state index contributed by atoms with van der Waals surface area (Å²) in [7, 11) is 0. The van der Waals surface area contributed by atoms with Gasteiger partial charge in [0.05, 0.1) is 18.1 Å². The molecular weight excluding hydrogens is 400 g/mol. The minimum Gasteiger partial charge on any atom is -0.494 e. The SMILES string of the molecule is CCOc1ccc(C(=O)NC2CCN(CC(=O)Nc3cccc([N+](=O)[O-])c3)CC2)cc1. The number of nitro benzene ring substituents is 1. The fourth-order valence-corrected chi connectivity index (χ4v) is 3.47. The second kappa shape index (κ2) is 10.5. The second-order valence-electron chi connectivity index (χ2n) is 7.34. The molecule has 1 aliphatic rings. The van der Waals surface area contributed by atoms with Crippen LogP contribution in [0, 0.1) is 10.1 Å². The number of piperidine rings is 1. The third kappa shape index (κ3) is 6.51. The smallest absolute Gasteiger partial charge is 0.271 e. The van der Waals surface area contributed by atoms with Crippen molar-refractivity contribution in [3.05, 3.63) is 64.2 Å². The minimum atomic E-state index is -0.498. The molecule has 0 bridgehead atoms. The van der Waals surface area contributed by atoms with E-state index >= 15 is 0 Å². The van der Waals surface area contributed by atoms with Crippen LogP contribution < -0.4 is 15.4 Å². The second-order valence-corrected chi connectivity index (χ2v) is 7.34. The Morgan fingerprint density at radius 3 is 2.52 bits per heavy atom. The van der Waals surface area contributed by atoms with E-state index in [0.29, 0.717) is 30.9 Å². The Labute approximate surface area is 180 Å². The number of hydrogen-bond donors (Lipinski definition) is 2. The van der Waals surface area contributed by atoms with Crippen molar-refractivity contribution in [1.82, 2.24) is 10.2 Å². The van der Waals surface area contributed by atoms with Crippen molar-refractivity contribution < 1.29 is 19.2 Å². The van der Waals surface area contributed by atoms with Crippen LogP contribution in [0.25, 0.3) is 0 Å². The van der Waals surface area contributed by atoms with Crippen LogP contribution in [0.5, 0.6) is 5.75 Å². The minimum absolute atomic E-state index is 0.0511. The van der Waals surface area contributed by atoms with Crippen LogP contribution in [0.15, 0.2) is 48.5 Å². The molecule has 1 aliphatic heterocycles. The lowest BCUT2D eigenvalue weighted by Gasteiger charge is -2.31. The lowest BCUT2D eigenvalue weighted by Crippen LogP contribution is -2.46. The highest BCUT2D eigenvalue weighted by molar-refractivity contribution is 5.94. The van der Waals surface area contributed by atoms with Gasteiger partial charge < -0.3 is 15.4 Å². The lowest BCUT2D eigenvalue weighted by atomic mass is 10.0. The van der Waals surface area contributed by atoms with E-state index in [0.717, 1.165) is 18.6 Å². The van der Waals surface area contributed by atoms with Gasteiger partial charge in [0.2, 0.25) is 5.91 Å². The molecule has 9 heteroatoms. The quantitative estimate of drug-likeness (QED) is 0.496. The summed E-state index contributed by atoms with van der Waals surface area (Å²) in [6.07, 6.45) is 1.49. The highest BCUT2D eigenvalue weighted by Crippen LogP contribution is 2.18. The molecule has 31 heavy (non-hydrogen) atoms. The highest BCUT2D eigenvalue weighted by atomic mass is 16.6. The summed E-state index contributed by atoms with van der Waals surface area (Å²) in [5.74, 6) is 0.387. The van der Waals surface area contributed by atoms with Gasteiger partial charge in [0.1, 0.15) is 5.75 Å². The molecule has 0 unspecified atom stereocenters. The zero-order valence-electron chi connectivity index (χ0n) is 17.4. The molecule has 1 fully saturated rings. The molecule has 0 saturated carbocycles. The van der Waals surface area contributed by atoms with Crippen LogP contribution in [0.1, 0.15) is 30.1 Å². The fraction of sp³-hybridized carbons (Fsp3) is 0.364. The van der Waals surface area contributed by atoms with Crippen molar-refractivity contribution in [2.75, 3.05) is 31.6 Å². The van der Waals surface area contributed by atoms with Gasteiger partial charge in [-0.05, 0) is 50.1 Å². The van der Waals surface area contributed by atoms with Crippen LogP contribution in [-0.2, 0) is 4.79 Å². The summed E-state index contributed by atoms with van der Waals surface area (Å²) in [5.41, 5.74) is 0.917. The molecule has 0 atom stereocenters. The molecule has 9 nitrogen and oxygen atoms in total. The fourth-order valence-electron chi connectivity index (χ4n) is 3.47. The van der Waals surface area contributed by atoms with Crippen LogP contribution in [0.2, 0.25) is 0 Å². The van der Waals surface area contributed by atoms with Crippen molar-refractivity contribution in [2.45, 2.75) is 25.8 Å². The molecule has 3 rings (SSSR count). The largest absolute Gasteiger partial charge is 0.494 e. The molecule has 2 aromatic carbocycles. The van der Waals surface area contributed by atoms with E-state index in [1.807, 2.05) is 11.8 Å². The van der Waals surface area contributed by atoms with E-state index in [1.165, 1.54) is 18.2 Å². The number of ether oxygens (including phenoxy) is 1. The molecule has 1 heterocycles. The van der Waals surface area contributed by atoms with Crippen molar-refractivity contribution >= 4 is 23.2 Å². The van der Waals surface area contributed by atoms with Crippen LogP contribution in [0.3, 0.4) is 0 Å². The number of carbonyl (C=O) groups excluding carboxylic acids is 2. The van der Waals surface area contributed by atoms with Gasteiger partial charge >= 0.3 is 0 Å². The van der Waals surface area contributed by atoms with Crippen molar-refractivity contribution in [3.8, 4) is 5.75 Å². The Morgan fingerprint density at radius 1 is 1.16 bits per heavy atom. The van der Waals surface area contributed by atoms with Gasteiger partial charge in [-0.25, -0.2) is 0 Å². The van der Waals surface area contributed by atoms with Crippen LogP contribution >= 0.6 is 0 Å². The Balaban J connectivity index is 1.43. The lowest BCUT2D eigenvalue weighted by molar-refractivity contribution is -0.384. The topological polar surface area (TPSA) is 114 Å². The Kier molecular flexibility index (Phi) is 7.55. The van der Waals surface area contributed by atoms with Gasteiger partial charge in [0.15, 0.2) is 0 Å². The Morgan fingerprint density at radius 2 is 1.87 bits per heavy atom.